The first-order valence-electron chi connectivity index (χ1n) is 5.54. The number of rotatable bonds is 3. The predicted molar refractivity (Wildman–Crippen MR) is 67.7 cm³/mol. The van der Waals surface area contributed by atoms with Crippen LogP contribution in [-0.4, -0.2) is 10.8 Å². The molecule has 3 heteroatoms. The van der Waals surface area contributed by atoms with E-state index in [0.29, 0.717) is 12.3 Å². The van der Waals surface area contributed by atoms with Crippen molar-refractivity contribution in [2.45, 2.75) is 19.3 Å². The lowest BCUT2D eigenvalue weighted by molar-refractivity contribution is 0.0977. The second-order valence-corrected chi connectivity index (χ2v) is 5.38. The normalized spacial score (nSPS) is 15.6. The van der Waals surface area contributed by atoms with Crippen molar-refractivity contribution in [1.82, 2.24) is 4.98 Å². The zero-order valence-corrected chi connectivity index (χ0v) is 10.4. The third kappa shape index (κ3) is 1.80. The van der Waals surface area contributed by atoms with Crippen LogP contribution in [0, 0.1) is 5.92 Å². The first kappa shape index (κ1) is 10.1. The molecule has 1 aromatic heterocycles. The van der Waals surface area contributed by atoms with E-state index in [1.54, 1.807) is 0 Å². The summed E-state index contributed by atoms with van der Waals surface area (Å²) in [6.45, 7) is 0. The Labute approximate surface area is 102 Å². The predicted octanol–water partition coefficient (Wildman–Crippen LogP) is 3.91. The average Bonchev–Trinajstić information content (AvgIpc) is 2.96. The molecule has 2 aromatic rings. The highest BCUT2D eigenvalue weighted by molar-refractivity contribution is 9.10. The van der Waals surface area contributed by atoms with Gasteiger partial charge in [-0.05, 0) is 30.9 Å². The van der Waals surface area contributed by atoms with Gasteiger partial charge in [0.05, 0.1) is 0 Å². The smallest absolute Gasteiger partial charge is 0.165 e. The molecule has 0 atom stereocenters. The maximum Gasteiger partial charge on any atom is 0.165 e. The van der Waals surface area contributed by atoms with Crippen LogP contribution in [0.5, 0.6) is 0 Å². The van der Waals surface area contributed by atoms with E-state index < -0.39 is 0 Å². The minimum Gasteiger partial charge on any atom is -0.360 e. The van der Waals surface area contributed by atoms with E-state index in [1.807, 2.05) is 24.4 Å². The molecule has 1 fully saturated rings. The Bertz CT molecular complexity index is 554. The van der Waals surface area contributed by atoms with E-state index in [2.05, 4.69) is 20.9 Å². The Morgan fingerprint density at radius 3 is 3.00 bits per heavy atom. The molecular weight excluding hydrogens is 266 g/mol. The fourth-order valence-electron chi connectivity index (χ4n) is 2.02. The van der Waals surface area contributed by atoms with Crippen LogP contribution in [0.15, 0.2) is 28.9 Å². The fourth-order valence-corrected chi connectivity index (χ4v) is 2.38. The van der Waals surface area contributed by atoms with E-state index >= 15 is 0 Å². The van der Waals surface area contributed by atoms with Gasteiger partial charge in [0, 0.05) is 33.6 Å². The molecule has 0 unspecified atom stereocenters. The Morgan fingerprint density at radius 1 is 1.44 bits per heavy atom. The molecule has 3 rings (SSSR count). The van der Waals surface area contributed by atoms with Crippen molar-refractivity contribution in [2.75, 3.05) is 0 Å². The number of benzene rings is 1. The number of aromatic amines is 1. The molecule has 82 valence electrons. The highest BCUT2D eigenvalue weighted by Gasteiger charge is 2.25. The van der Waals surface area contributed by atoms with E-state index in [1.165, 1.54) is 12.8 Å². The average molecular weight is 278 g/mol. The lowest BCUT2D eigenvalue weighted by Crippen LogP contribution is -1.98. The van der Waals surface area contributed by atoms with Crippen molar-refractivity contribution in [3.63, 3.8) is 0 Å². The third-order valence-electron chi connectivity index (χ3n) is 3.12. The standard InChI is InChI=1S/C13H12BrNO/c14-9-3-4-10-11(7-15-12(10)6-9)13(16)5-8-1-2-8/h3-4,6-8,15H,1-2,5H2. The molecule has 0 radical (unpaired) electrons. The molecule has 16 heavy (non-hydrogen) atoms. The summed E-state index contributed by atoms with van der Waals surface area (Å²) in [6, 6.07) is 5.98. The number of carbonyl (C=O) groups excluding carboxylic acids is 1. The third-order valence-corrected chi connectivity index (χ3v) is 3.61. The molecule has 0 aliphatic heterocycles. The second kappa shape index (κ2) is 3.74. The maximum atomic E-state index is 12.0. The first-order chi connectivity index (χ1) is 7.74. The van der Waals surface area contributed by atoms with Gasteiger partial charge in [-0.1, -0.05) is 22.0 Å². The van der Waals surface area contributed by atoms with Gasteiger partial charge in [-0.2, -0.15) is 0 Å². The van der Waals surface area contributed by atoms with Gasteiger partial charge in [-0.25, -0.2) is 0 Å². The van der Waals surface area contributed by atoms with Gasteiger partial charge >= 0.3 is 0 Å². The summed E-state index contributed by atoms with van der Waals surface area (Å²) in [5.41, 5.74) is 1.86. The monoisotopic (exact) mass is 277 g/mol. The molecule has 1 N–H and O–H groups in total. The van der Waals surface area contributed by atoms with Crippen molar-refractivity contribution in [3.8, 4) is 0 Å². The van der Waals surface area contributed by atoms with Crippen LogP contribution in [0.2, 0.25) is 0 Å². The number of Topliss-reactive ketones (excluding diaryl/α,β-unsaturated/α-hetero) is 1. The van der Waals surface area contributed by atoms with Crippen molar-refractivity contribution in [3.05, 3.63) is 34.4 Å². The topological polar surface area (TPSA) is 32.9 Å². The number of fused-ring (bicyclic) bond motifs is 1. The molecule has 1 saturated carbocycles. The van der Waals surface area contributed by atoms with Gasteiger partial charge in [-0.3, -0.25) is 4.79 Å². The largest absolute Gasteiger partial charge is 0.360 e. The highest BCUT2D eigenvalue weighted by Crippen LogP contribution is 2.34. The molecular formula is C13H12BrNO. The number of H-pyrrole nitrogens is 1. The van der Waals surface area contributed by atoms with Crippen LogP contribution >= 0.6 is 15.9 Å². The number of aromatic nitrogens is 1. The fraction of sp³-hybridized carbons (Fsp3) is 0.308. The van der Waals surface area contributed by atoms with Gasteiger partial charge in [0.25, 0.3) is 0 Å². The van der Waals surface area contributed by atoms with Crippen LogP contribution in [0.4, 0.5) is 0 Å². The van der Waals surface area contributed by atoms with Crippen LogP contribution < -0.4 is 0 Å². The number of halogens is 1. The molecule has 1 heterocycles. The summed E-state index contributed by atoms with van der Waals surface area (Å²) in [5, 5.41) is 1.04. The second-order valence-electron chi connectivity index (χ2n) is 4.46. The molecule has 0 bridgehead atoms. The lowest BCUT2D eigenvalue weighted by Gasteiger charge is -1.97. The first-order valence-corrected chi connectivity index (χ1v) is 6.33. The quantitative estimate of drug-likeness (QED) is 0.848. The van der Waals surface area contributed by atoms with Gasteiger partial charge in [-0.15, -0.1) is 0 Å². The summed E-state index contributed by atoms with van der Waals surface area (Å²) in [5.74, 6) is 0.920. The van der Waals surface area contributed by atoms with Crippen molar-refractivity contribution in [2.24, 2.45) is 5.92 Å². The van der Waals surface area contributed by atoms with Crippen molar-refractivity contribution < 1.29 is 4.79 Å². The van der Waals surface area contributed by atoms with E-state index in [4.69, 9.17) is 0 Å². The summed E-state index contributed by atoms with van der Waals surface area (Å²) < 4.78 is 1.03. The molecule has 2 nitrogen and oxygen atoms in total. The van der Waals surface area contributed by atoms with Crippen LogP contribution in [0.1, 0.15) is 29.6 Å². The number of hydrogen-bond acceptors (Lipinski definition) is 1. The Morgan fingerprint density at radius 2 is 2.25 bits per heavy atom. The minimum atomic E-state index is 0.274. The molecule has 0 amide bonds. The van der Waals surface area contributed by atoms with Gasteiger partial charge < -0.3 is 4.98 Å². The SMILES string of the molecule is O=C(CC1CC1)c1c[nH]c2cc(Br)ccc12. The van der Waals surface area contributed by atoms with E-state index in [0.717, 1.165) is 20.9 Å². The molecule has 0 spiro atoms. The van der Waals surface area contributed by atoms with Crippen LogP contribution in [0.25, 0.3) is 10.9 Å². The number of ketones is 1. The molecule has 0 saturated heterocycles. The summed E-state index contributed by atoms with van der Waals surface area (Å²) in [6.07, 6.45) is 4.99. The van der Waals surface area contributed by atoms with Gasteiger partial charge in [0.1, 0.15) is 0 Å². The highest BCUT2D eigenvalue weighted by atomic mass is 79.9. The van der Waals surface area contributed by atoms with E-state index in [-0.39, 0.29) is 5.78 Å². The maximum absolute atomic E-state index is 12.0. The zero-order valence-electron chi connectivity index (χ0n) is 8.79. The Kier molecular flexibility index (Phi) is 2.36. The van der Waals surface area contributed by atoms with Crippen LogP contribution in [-0.2, 0) is 0 Å². The number of carbonyl (C=O) groups is 1. The summed E-state index contributed by atoms with van der Waals surface area (Å²) in [4.78, 5) is 15.2. The van der Waals surface area contributed by atoms with Gasteiger partial charge in [0.2, 0.25) is 0 Å². The molecule has 1 aliphatic rings. The Balaban J connectivity index is 1.99. The van der Waals surface area contributed by atoms with E-state index in [9.17, 15) is 4.79 Å². The van der Waals surface area contributed by atoms with Crippen molar-refractivity contribution >= 4 is 32.6 Å². The molecule has 1 aliphatic carbocycles. The summed E-state index contributed by atoms with van der Waals surface area (Å²) in [7, 11) is 0. The van der Waals surface area contributed by atoms with Crippen LogP contribution in [0.3, 0.4) is 0 Å². The Hall–Kier alpha value is -1.09. The summed E-state index contributed by atoms with van der Waals surface area (Å²) >= 11 is 3.42. The van der Waals surface area contributed by atoms with Gasteiger partial charge in [0.15, 0.2) is 5.78 Å². The lowest BCUT2D eigenvalue weighted by atomic mass is 10.1. The molecule has 1 aromatic carbocycles. The van der Waals surface area contributed by atoms with Crippen molar-refractivity contribution in [1.29, 1.82) is 0 Å². The number of hydrogen-bond donors (Lipinski definition) is 1. The zero-order chi connectivity index (χ0) is 11.1. The number of nitrogens with one attached hydrogen (secondary N) is 1. The minimum absolute atomic E-state index is 0.274.